The number of nitrogens with one attached hydrogen (secondary N) is 2. The van der Waals surface area contributed by atoms with Gasteiger partial charge in [0, 0.05) is 37.6 Å². The molecule has 1 fully saturated rings. The molecule has 0 radical (unpaired) electrons. The van der Waals surface area contributed by atoms with Gasteiger partial charge in [0.25, 0.3) is 5.56 Å². The summed E-state index contributed by atoms with van der Waals surface area (Å²) in [6, 6.07) is 7.12. The first kappa shape index (κ1) is 16.6. The van der Waals surface area contributed by atoms with Crippen LogP contribution in [-0.2, 0) is 0 Å². The van der Waals surface area contributed by atoms with E-state index in [1.165, 1.54) is 12.1 Å². The van der Waals surface area contributed by atoms with E-state index in [2.05, 4.69) is 22.2 Å². The average molecular weight is 330 g/mol. The summed E-state index contributed by atoms with van der Waals surface area (Å²) in [6.07, 6.45) is 6.15. The van der Waals surface area contributed by atoms with Crippen LogP contribution in [0.25, 0.3) is 0 Å². The molecule has 1 aromatic carbocycles. The molecule has 1 aliphatic heterocycles. The van der Waals surface area contributed by atoms with Crippen molar-refractivity contribution in [3.63, 3.8) is 0 Å². The molecule has 3 rings (SSSR count). The molecule has 1 aromatic heterocycles. The Morgan fingerprint density at radius 3 is 2.92 bits per heavy atom. The lowest BCUT2D eigenvalue weighted by Gasteiger charge is -2.35. The van der Waals surface area contributed by atoms with E-state index in [-0.39, 0.29) is 23.5 Å². The predicted octanol–water partition coefficient (Wildman–Crippen LogP) is 2.62. The lowest BCUT2D eigenvalue weighted by Crippen LogP contribution is -2.48. The van der Waals surface area contributed by atoms with Crippen LogP contribution in [0.15, 0.2) is 41.5 Å². The average Bonchev–Trinajstić information content (AvgIpc) is 2.61. The second-order valence-electron chi connectivity index (χ2n) is 6.21. The highest BCUT2D eigenvalue weighted by atomic mass is 19.1. The third-order valence-corrected chi connectivity index (χ3v) is 4.53. The van der Waals surface area contributed by atoms with Gasteiger partial charge in [0.1, 0.15) is 5.82 Å². The second kappa shape index (κ2) is 7.57. The van der Waals surface area contributed by atoms with Crippen molar-refractivity contribution in [1.29, 1.82) is 0 Å². The van der Waals surface area contributed by atoms with Crippen LogP contribution in [-0.4, -0.2) is 29.1 Å². The lowest BCUT2D eigenvalue weighted by molar-refractivity contribution is 0.370. The number of aromatic amines is 1. The van der Waals surface area contributed by atoms with Gasteiger partial charge < -0.3 is 15.2 Å². The van der Waals surface area contributed by atoms with Crippen LogP contribution >= 0.6 is 0 Å². The standard InChI is InChI=1S/C18H23FN4O/c1-2-16(13-5-7-14(19)8-6-13)22-15-4-3-11-23(12-15)17-18(24)21-10-9-20-17/h5-10,15-16,22H,2-4,11-12H2,1H3,(H,21,24)/t15-,16-/m1/s1. The predicted molar refractivity (Wildman–Crippen MR) is 92.7 cm³/mol. The fraction of sp³-hybridized carbons (Fsp3) is 0.444. The van der Waals surface area contributed by atoms with E-state index in [1.54, 1.807) is 12.4 Å². The molecule has 0 aliphatic carbocycles. The summed E-state index contributed by atoms with van der Waals surface area (Å²) in [6.45, 7) is 3.70. The molecule has 1 aliphatic rings. The van der Waals surface area contributed by atoms with Crippen molar-refractivity contribution in [3.8, 4) is 0 Å². The summed E-state index contributed by atoms with van der Waals surface area (Å²) in [7, 11) is 0. The number of nitrogens with zero attached hydrogens (tertiary/aromatic N) is 2. The maximum Gasteiger partial charge on any atom is 0.290 e. The molecular formula is C18H23FN4O. The first-order valence-corrected chi connectivity index (χ1v) is 8.47. The van der Waals surface area contributed by atoms with Gasteiger partial charge in [0.15, 0.2) is 5.82 Å². The molecule has 2 heterocycles. The van der Waals surface area contributed by atoms with E-state index in [9.17, 15) is 9.18 Å². The number of aromatic nitrogens is 2. The van der Waals surface area contributed by atoms with Crippen molar-refractivity contribution >= 4 is 5.82 Å². The molecule has 24 heavy (non-hydrogen) atoms. The van der Waals surface area contributed by atoms with Crippen LogP contribution < -0.4 is 15.8 Å². The molecule has 6 heteroatoms. The fourth-order valence-corrected chi connectivity index (χ4v) is 3.30. The largest absolute Gasteiger partial charge is 0.350 e. The first-order chi connectivity index (χ1) is 11.7. The number of piperidine rings is 1. The topological polar surface area (TPSA) is 61.0 Å². The Morgan fingerprint density at radius 2 is 2.21 bits per heavy atom. The van der Waals surface area contributed by atoms with Gasteiger partial charge in [-0.05, 0) is 37.0 Å². The first-order valence-electron chi connectivity index (χ1n) is 8.47. The summed E-state index contributed by atoms with van der Waals surface area (Å²) in [5.74, 6) is 0.269. The summed E-state index contributed by atoms with van der Waals surface area (Å²) in [5.41, 5.74) is 0.940. The summed E-state index contributed by atoms with van der Waals surface area (Å²) >= 11 is 0. The van der Waals surface area contributed by atoms with Gasteiger partial charge in [-0.15, -0.1) is 0 Å². The number of hydrogen-bond acceptors (Lipinski definition) is 4. The number of halogens is 1. The summed E-state index contributed by atoms with van der Waals surface area (Å²) in [5, 5.41) is 3.66. The Morgan fingerprint density at radius 1 is 1.42 bits per heavy atom. The maximum absolute atomic E-state index is 13.1. The second-order valence-corrected chi connectivity index (χ2v) is 6.21. The molecule has 5 nitrogen and oxygen atoms in total. The third-order valence-electron chi connectivity index (χ3n) is 4.53. The van der Waals surface area contributed by atoms with Crippen LogP contribution in [0.5, 0.6) is 0 Å². The van der Waals surface area contributed by atoms with Gasteiger partial charge in [0.05, 0.1) is 0 Å². The van der Waals surface area contributed by atoms with Gasteiger partial charge in [-0.25, -0.2) is 9.37 Å². The van der Waals surface area contributed by atoms with Gasteiger partial charge in [-0.1, -0.05) is 19.1 Å². The van der Waals surface area contributed by atoms with Gasteiger partial charge in [-0.3, -0.25) is 4.79 Å². The van der Waals surface area contributed by atoms with Crippen molar-refractivity contribution in [2.75, 3.05) is 18.0 Å². The minimum Gasteiger partial charge on any atom is -0.350 e. The molecule has 2 atom stereocenters. The van der Waals surface area contributed by atoms with Crippen molar-refractivity contribution in [2.24, 2.45) is 0 Å². The number of anilines is 1. The van der Waals surface area contributed by atoms with Crippen LogP contribution in [0.1, 0.15) is 37.8 Å². The molecule has 0 spiro atoms. The molecule has 0 unspecified atom stereocenters. The van der Waals surface area contributed by atoms with E-state index in [4.69, 9.17) is 0 Å². The van der Waals surface area contributed by atoms with Crippen LogP contribution in [0, 0.1) is 5.82 Å². The molecule has 128 valence electrons. The number of benzene rings is 1. The van der Waals surface area contributed by atoms with E-state index >= 15 is 0 Å². The van der Waals surface area contributed by atoms with Crippen molar-refractivity contribution in [2.45, 2.75) is 38.3 Å². The molecule has 0 saturated carbocycles. The van der Waals surface area contributed by atoms with Crippen molar-refractivity contribution in [1.82, 2.24) is 15.3 Å². The van der Waals surface area contributed by atoms with Gasteiger partial charge in [-0.2, -0.15) is 0 Å². The number of H-pyrrole nitrogens is 1. The van der Waals surface area contributed by atoms with E-state index in [0.717, 1.165) is 37.9 Å². The normalized spacial score (nSPS) is 19.2. The zero-order chi connectivity index (χ0) is 16.9. The smallest absolute Gasteiger partial charge is 0.290 e. The summed E-state index contributed by atoms with van der Waals surface area (Å²) in [4.78, 5) is 20.9. The lowest BCUT2D eigenvalue weighted by atomic mass is 10.00. The van der Waals surface area contributed by atoms with Crippen LogP contribution in [0.3, 0.4) is 0 Å². The third kappa shape index (κ3) is 3.82. The molecule has 0 bridgehead atoms. The SMILES string of the molecule is CC[C@@H](N[C@@H]1CCCN(c2ncc[nH]c2=O)C1)c1ccc(F)cc1. The zero-order valence-corrected chi connectivity index (χ0v) is 13.8. The minimum atomic E-state index is -0.216. The Labute approximate surface area is 140 Å². The Bertz CT molecular complexity index is 715. The Hall–Kier alpha value is -2.21. The highest BCUT2D eigenvalue weighted by Gasteiger charge is 2.24. The fourth-order valence-electron chi connectivity index (χ4n) is 3.30. The van der Waals surface area contributed by atoms with E-state index in [0.29, 0.717) is 5.82 Å². The maximum atomic E-state index is 13.1. The van der Waals surface area contributed by atoms with Gasteiger partial charge >= 0.3 is 0 Å². The van der Waals surface area contributed by atoms with E-state index in [1.807, 2.05) is 17.0 Å². The van der Waals surface area contributed by atoms with Gasteiger partial charge in [0.2, 0.25) is 0 Å². The van der Waals surface area contributed by atoms with Crippen molar-refractivity contribution in [3.05, 3.63) is 58.4 Å². The zero-order valence-electron chi connectivity index (χ0n) is 13.8. The Balaban J connectivity index is 1.69. The molecule has 1 saturated heterocycles. The van der Waals surface area contributed by atoms with Crippen LogP contribution in [0.2, 0.25) is 0 Å². The molecule has 0 amide bonds. The molecule has 2 aromatic rings. The minimum absolute atomic E-state index is 0.149. The molecule has 2 N–H and O–H groups in total. The Kier molecular flexibility index (Phi) is 5.25. The number of rotatable bonds is 5. The van der Waals surface area contributed by atoms with Crippen molar-refractivity contribution < 1.29 is 4.39 Å². The van der Waals surface area contributed by atoms with E-state index < -0.39 is 0 Å². The summed E-state index contributed by atoms with van der Waals surface area (Å²) < 4.78 is 13.1. The monoisotopic (exact) mass is 330 g/mol. The highest BCUT2D eigenvalue weighted by molar-refractivity contribution is 5.36. The quantitative estimate of drug-likeness (QED) is 0.885. The van der Waals surface area contributed by atoms with Crippen LogP contribution in [0.4, 0.5) is 10.2 Å². The molecular weight excluding hydrogens is 307 g/mol. The number of hydrogen-bond donors (Lipinski definition) is 2. The highest BCUT2D eigenvalue weighted by Crippen LogP contribution is 2.21.